The van der Waals surface area contributed by atoms with Gasteiger partial charge in [-0.3, -0.25) is 4.79 Å². The number of hydrogen-bond acceptors (Lipinski definition) is 7. The third-order valence-corrected chi connectivity index (χ3v) is 4.99. The lowest BCUT2D eigenvalue weighted by atomic mass is 10.3. The quantitative estimate of drug-likeness (QED) is 0.547. The molecular formula is C19H26N4O3S. The molecule has 1 amide bonds. The molecule has 8 heteroatoms. The number of hydrogen-bond donors (Lipinski definition) is 1. The molecule has 3 heterocycles. The van der Waals surface area contributed by atoms with Crippen LogP contribution in [-0.4, -0.2) is 42.1 Å². The van der Waals surface area contributed by atoms with Gasteiger partial charge in [0.1, 0.15) is 11.6 Å². The lowest BCUT2D eigenvalue weighted by Crippen LogP contribution is -2.29. The van der Waals surface area contributed by atoms with Gasteiger partial charge in [0, 0.05) is 32.3 Å². The molecule has 0 aliphatic carbocycles. The molecule has 1 N–H and O–H groups in total. The molecule has 0 bridgehead atoms. The second-order valence-electron chi connectivity index (χ2n) is 6.81. The Kier molecular flexibility index (Phi) is 6.73. The van der Waals surface area contributed by atoms with Crippen LogP contribution in [0.2, 0.25) is 0 Å². The Balaban J connectivity index is 1.68. The molecule has 0 saturated carbocycles. The van der Waals surface area contributed by atoms with Crippen molar-refractivity contribution in [3.63, 3.8) is 0 Å². The van der Waals surface area contributed by atoms with E-state index in [9.17, 15) is 4.79 Å². The van der Waals surface area contributed by atoms with Crippen molar-refractivity contribution < 1.29 is 13.9 Å². The molecular weight excluding hydrogens is 364 g/mol. The van der Waals surface area contributed by atoms with E-state index < -0.39 is 0 Å². The van der Waals surface area contributed by atoms with E-state index in [1.165, 1.54) is 24.6 Å². The zero-order valence-corrected chi connectivity index (χ0v) is 16.8. The van der Waals surface area contributed by atoms with E-state index in [2.05, 4.69) is 15.2 Å². The summed E-state index contributed by atoms with van der Waals surface area (Å²) in [5, 5.41) is 3.51. The Morgan fingerprint density at radius 2 is 2.11 bits per heavy atom. The third kappa shape index (κ3) is 5.46. The van der Waals surface area contributed by atoms with Gasteiger partial charge in [0.15, 0.2) is 10.9 Å². The summed E-state index contributed by atoms with van der Waals surface area (Å²) in [4.78, 5) is 23.5. The number of carbonyl (C=O) groups excluding carboxylic acids is 1. The number of nitrogens with zero attached hydrogens (tertiary/aromatic N) is 3. The van der Waals surface area contributed by atoms with Crippen LogP contribution < -0.4 is 10.2 Å². The largest absolute Gasteiger partial charge is 0.455 e. The van der Waals surface area contributed by atoms with Crippen LogP contribution >= 0.6 is 11.8 Å². The first-order valence-corrected chi connectivity index (χ1v) is 10.2. The zero-order valence-electron chi connectivity index (χ0n) is 16.0. The molecule has 0 aromatic carbocycles. The Labute approximate surface area is 163 Å². The topological polar surface area (TPSA) is 80.5 Å². The van der Waals surface area contributed by atoms with Crippen LogP contribution in [0, 0.1) is 0 Å². The molecule has 0 spiro atoms. The van der Waals surface area contributed by atoms with Gasteiger partial charge in [-0.05, 0) is 38.8 Å². The summed E-state index contributed by atoms with van der Waals surface area (Å²) >= 11 is 1.50. The van der Waals surface area contributed by atoms with E-state index in [4.69, 9.17) is 14.1 Å². The predicted molar refractivity (Wildman–Crippen MR) is 105 cm³/mol. The summed E-state index contributed by atoms with van der Waals surface area (Å²) in [6.45, 7) is 6.34. The Hall–Kier alpha value is -2.06. The number of ether oxygens (including phenoxy) is 1. The van der Waals surface area contributed by atoms with Crippen molar-refractivity contribution in [1.29, 1.82) is 0 Å². The highest BCUT2D eigenvalue weighted by atomic mass is 32.2. The highest BCUT2D eigenvalue weighted by Crippen LogP contribution is 2.25. The van der Waals surface area contributed by atoms with Crippen LogP contribution in [0.25, 0.3) is 0 Å². The summed E-state index contributed by atoms with van der Waals surface area (Å²) in [7, 11) is 1.66. The van der Waals surface area contributed by atoms with E-state index in [0.29, 0.717) is 23.3 Å². The van der Waals surface area contributed by atoms with Gasteiger partial charge in [0.05, 0.1) is 18.1 Å². The Bertz CT molecular complexity index is 772. The molecule has 3 rings (SSSR count). The minimum Gasteiger partial charge on any atom is -0.455 e. The molecule has 2 aromatic heterocycles. The summed E-state index contributed by atoms with van der Waals surface area (Å²) in [6.07, 6.45) is 2.39. The van der Waals surface area contributed by atoms with Gasteiger partial charge in [-0.25, -0.2) is 9.97 Å². The number of amides is 1. The number of methoxy groups -OCH3 is 1. The molecule has 1 aliphatic rings. The fraction of sp³-hybridized carbons (Fsp3) is 0.526. The molecule has 1 aliphatic heterocycles. The fourth-order valence-electron chi connectivity index (χ4n) is 2.90. The summed E-state index contributed by atoms with van der Waals surface area (Å²) < 4.78 is 10.9. The number of furan rings is 1. The van der Waals surface area contributed by atoms with Crippen LogP contribution in [0.5, 0.6) is 0 Å². The molecule has 0 radical (unpaired) electrons. The van der Waals surface area contributed by atoms with E-state index in [1.54, 1.807) is 13.2 Å². The average Bonchev–Trinajstić information content (AvgIpc) is 3.31. The van der Waals surface area contributed by atoms with Crippen LogP contribution in [-0.2, 0) is 17.1 Å². The van der Waals surface area contributed by atoms with Gasteiger partial charge < -0.3 is 19.4 Å². The summed E-state index contributed by atoms with van der Waals surface area (Å²) in [6, 6.07) is 5.59. The Morgan fingerprint density at radius 3 is 2.81 bits per heavy atom. The summed E-state index contributed by atoms with van der Waals surface area (Å²) in [5.74, 6) is 2.36. The molecule has 146 valence electrons. The lowest BCUT2D eigenvalue weighted by molar-refractivity contribution is 0.0913. The second-order valence-corrected chi connectivity index (χ2v) is 7.75. The maximum Gasteiger partial charge on any atom is 0.287 e. The summed E-state index contributed by atoms with van der Waals surface area (Å²) in [5.41, 5.74) is 0.869. The first-order chi connectivity index (χ1) is 13.0. The van der Waals surface area contributed by atoms with Crippen molar-refractivity contribution in [2.45, 2.75) is 50.2 Å². The normalized spacial score (nSPS) is 14.1. The monoisotopic (exact) mass is 390 g/mol. The zero-order chi connectivity index (χ0) is 19.2. The number of nitrogens with one attached hydrogen (secondary N) is 1. The van der Waals surface area contributed by atoms with Crippen molar-refractivity contribution in [1.82, 2.24) is 15.3 Å². The van der Waals surface area contributed by atoms with Crippen LogP contribution in [0.3, 0.4) is 0 Å². The van der Waals surface area contributed by atoms with Crippen LogP contribution in [0.4, 0.5) is 5.82 Å². The predicted octanol–water partition coefficient (Wildman–Crippen LogP) is 3.25. The number of thioether (sulfide) groups is 1. The van der Waals surface area contributed by atoms with Crippen LogP contribution in [0.1, 0.15) is 48.7 Å². The molecule has 27 heavy (non-hydrogen) atoms. The third-order valence-electron chi connectivity index (χ3n) is 4.12. The van der Waals surface area contributed by atoms with E-state index in [-0.39, 0.29) is 11.9 Å². The molecule has 2 aromatic rings. The number of anilines is 1. The van der Waals surface area contributed by atoms with Gasteiger partial charge in [-0.1, -0.05) is 11.8 Å². The number of rotatable bonds is 8. The minimum absolute atomic E-state index is 0.0707. The lowest BCUT2D eigenvalue weighted by Gasteiger charge is -2.17. The van der Waals surface area contributed by atoms with Crippen molar-refractivity contribution in [2.75, 3.05) is 25.1 Å². The molecule has 1 saturated heterocycles. The van der Waals surface area contributed by atoms with E-state index in [0.717, 1.165) is 30.4 Å². The van der Waals surface area contributed by atoms with Gasteiger partial charge in [-0.15, -0.1) is 0 Å². The second kappa shape index (κ2) is 9.23. The number of carbonyl (C=O) groups is 1. The maximum absolute atomic E-state index is 12.0. The highest BCUT2D eigenvalue weighted by molar-refractivity contribution is 7.98. The van der Waals surface area contributed by atoms with Gasteiger partial charge in [0.2, 0.25) is 0 Å². The highest BCUT2D eigenvalue weighted by Gasteiger charge is 2.17. The smallest absolute Gasteiger partial charge is 0.287 e. The average molecular weight is 391 g/mol. The Morgan fingerprint density at radius 1 is 1.33 bits per heavy atom. The first-order valence-electron chi connectivity index (χ1n) is 9.19. The van der Waals surface area contributed by atoms with Crippen molar-refractivity contribution in [3.8, 4) is 0 Å². The van der Waals surface area contributed by atoms with Crippen molar-refractivity contribution in [2.24, 2.45) is 0 Å². The standard InChI is InChI=1S/C19H26N4O3S/c1-13(2)20-18(24)16-7-6-15(26-16)12-27-19-21-14(11-25-3)10-17(22-19)23-8-4-5-9-23/h6-7,10,13H,4-5,8-9,11-12H2,1-3H3,(H,20,24). The van der Waals surface area contributed by atoms with E-state index in [1.807, 2.05) is 26.0 Å². The van der Waals surface area contributed by atoms with Gasteiger partial charge in [-0.2, -0.15) is 0 Å². The van der Waals surface area contributed by atoms with Gasteiger partial charge >= 0.3 is 0 Å². The van der Waals surface area contributed by atoms with Crippen molar-refractivity contribution in [3.05, 3.63) is 35.4 Å². The minimum atomic E-state index is -0.198. The number of aromatic nitrogens is 2. The van der Waals surface area contributed by atoms with Crippen LogP contribution in [0.15, 0.2) is 27.8 Å². The molecule has 0 atom stereocenters. The first kappa shape index (κ1) is 19.7. The fourth-order valence-corrected chi connectivity index (χ4v) is 3.67. The maximum atomic E-state index is 12.0. The molecule has 1 fully saturated rings. The van der Waals surface area contributed by atoms with Crippen molar-refractivity contribution >= 4 is 23.5 Å². The molecule has 0 unspecified atom stereocenters. The molecule has 7 nitrogen and oxygen atoms in total. The van der Waals surface area contributed by atoms with E-state index >= 15 is 0 Å². The SMILES string of the molecule is COCc1cc(N2CCCC2)nc(SCc2ccc(C(=O)NC(C)C)o2)n1. The van der Waals surface area contributed by atoms with Gasteiger partial charge in [0.25, 0.3) is 5.91 Å².